The lowest BCUT2D eigenvalue weighted by Crippen LogP contribution is -2.55. The van der Waals surface area contributed by atoms with E-state index in [0.717, 1.165) is 58.3 Å². The lowest BCUT2D eigenvalue weighted by molar-refractivity contribution is -0.136. The van der Waals surface area contributed by atoms with Crippen LogP contribution < -0.4 is 5.32 Å². The molecule has 2 aliphatic heterocycles. The molecular weight excluding hydrogens is 505 g/mol. The number of ether oxygens (including phenoxy) is 1. The number of aliphatic imine (C=N–C) groups is 1. The summed E-state index contributed by atoms with van der Waals surface area (Å²) in [6, 6.07) is 8.68. The molecule has 2 heterocycles. The molecule has 0 aliphatic carbocycles. The van der Waals surface area contributed by atoms with Gasteiger partial charge >= 0.3 is 0 Å². The molecule has 1 aromatic rings. The average Bonchev–Trinajstić information content (AvgIpc) is 2.77. The van der Waals surface area contributed by atoms with Crippen molar-refractivity contribution in [3.8, 4) is 0 Å². The van der Waals surface area contributed by atoms with Crippen LogP contribution >= 0.6 is 24.0 Å². The highest BCUT2D eigenvalue weighted by Gasteiger charge is 2.24. The van der Waals surface area contributed by atoms with E-state index in [9.17, 15) is 4.79 Å². The predicted octanol–water partition coefficient (Wildman–Crippen LogP) is 2.16. The zero-order valence-corrected chi connectivity index (χ0v) is 21.5. The molecule has 1 aromatic carbocycles. The Kier molecular flexibility index (Phi) is 11.0. The Hall–Kier alpha value is -1.39. The van der Waals surface area contributed by atoms with E-state index in [1.165, 1.54) is 11.1 Å². The summed E-state index contributed by atoms with van der Waals surface area (Å²) in [4.78, 5) is 23.9. The minimum absolute atomic E-state index is 0. The van der Waals surface area contributed by atoms with Gasteiger partial charge in [0.25, 0.3) is 0 Å². The van der Waals surface area contributed by atoms with Gasteiger partial charge in [-0.05, 0) is 19.4 Å². The van der Waals surface area contributed by atoms with E-state index in [2.05, 4.69) is 60.2 Å². The molecule has 1 atom stereocenters. The summed E-state index contributed by atoms with van der Waals surface area (Å²) in [5, 5.41) is 3.45. The lowest BCUT2D eigenvalue weighted by Gasteiger charge is -2.37. The average molecular weight is 543 g/mol. The SMILES string of the molecule is CCNC(=NCC(C)c1cccc(C)c1)N1CCN(CC(=O)N2CCOCC2)CC1.I. The number of morpholine rings is 1. The lowest BCUT2D eigenvalue weighted by atomic mass is 10.00. The third-order valence-electron chi connectivity index (χ3n) is 5.86. The number of carbonyl (C=O) groups is 1. The molecular formula is C23H38IN5O2. The smallest absolute Gasteiger partial charge is 0.236 e. The molecule has 2 aliphatic rings. The number of guanidine groups is 1. The first-order valence-electron chi connectivity index (χ1n) is 11.2. The third-order valence-corrected chi connectivity index (χ3v) is 5.86. The largest absolute Gasteiger partial charge is 0.378 e. The first-order chi connectivity index (χ1) is 14.6. The van der Waals surface area contributed by atoms with Crippen molar-refractivity contribution in [2.75, 3.05) is 72.1 Å². The van der Waals surface area contributed by atoms with Crippen molar-refractivity contribution in [2.45, 2.75) is 26.7 Å². The number of hydrogen-bond donors (Lipinski definition) is 1. The summed E-state index contributed by atoms with van der Waals surface area (Å²) in [5.74, 6) is 1.58. The Morgan fingerprint density at radius 1 is 1.13 bits per heavy atom. The number of benzene rings is 1. The van der Waals surface area contributed by atoms with Crippen LogP contribution in [0.4, 0.5) is 0 Å². The van der Waals surface area contributed by atoms with Gasteiger partial charge in [-0.25, -0.2) is 0 Å². The van der Waals surface area contributed by atoms with Gasteiger partial charge in [0.05, 0.1) is 19.8 Å². The maximum absolute atomic E-state index is 12.5. The standard InChI is InChI=1S/C23H37N5O2.HI/c1-4-24-23(25-17-20(3)21-7-5-6-19(2)16-21)28-10-8-26(9-11-28)18-22(29)27-12-14-30-15-13-27;/h5-7,16,20H,4,8-15,17-18H2,1-3H3,(H,24,25);1H. The summed E-state index contributed by atoms with van der Waals surface area (Å²) < 4.78 is 5.34. The van der Waals surface area contributed by atoms with Gasteiger partial charge in [-0.1, -0.05) is 36.8 Å². The highest BCUT2D eigenvalue weighted by atomic mass is 127. The number of carbonyl (C=O) groups excluding carboxylic acids is 1. The molecule has 1 unspecified atom stereocenters. The maximum Gasteiger partial charge on any atom is 0.236 e. The monoisotopic (exact) mass is 543 g/mol. The fourth-order valence-corrected chi connectivity index (χ4v) is 3.95. The van der Waals surface area contributed by atoms with E-state index in [-0.39, 0.29) is 29.9 Å². The number of nitrogens with one attached hydrogen (secondary N) is 1. The van der Waals surface area contributed by atoms with E-state index in [4.69, 9.17) is 9.73 Å². The molecule has 174 valence electrons. The molecule has 2 fully saturated rings. The zero-order chi connectivity index (χ0) is 21.3. The van der Waals surface area contributed by atoms with E-state index >= 15 is 0 Å². The highest BCUT2D eigenvalue weighted by Crippen LogP contribution is 2.17. The van der Waals surface area contributed by atoms with Crippen molar-refractivity contribution in [3.05, 3.63) is 35.4 Å². The van der Waals surface area contributed by atoms with Crippen LogP contribution in [0.15, 0.2) is 29.3 Å². The van der Waals surface area contributed by atoms with Crippen LogP contribution in [0.1, 0.15) is 30.9 Å². The fraction of sp³-hybridized carbons (Fsp3) is 0.652. The normalized spacial score (nSPS) is 19.0. The van der Waals surface area contributed by atoms with Crippen LogP contribution in [-0.4, -0.2) is 98.7 Å². The van der Waals surface area contributed by atoms with Crippen LogP contribution in [0.3, 0.4) is 0 Å². The van der Waals surface area contributed by atoms with Gasteiger partial charge in [-0.2, -0.15) is 0 Å². The Morgan fingerprint density at radius 2 is 1.84 bits per heavy atom. The molecule has 8 heteroatoms. The van der Waals surface area contributed by atoms with Crippen molar-refractivity contribution in [1.29, 1.82) is 0 Å². The van der Waals surface area contributed by atoms with Gasteiger partial charge in [-0.15, -0.1) is 24.0 Å². The van der Waals surface area contributed by atoms with Crippen LogP contribution in [0.25, 0.3) is 0 Å². The quantitative estimate of drug-likeness (QED) is 0.339. The second kappa shape index (κ2) is 13.2. The second-order valence-electron chi connectivity index (χ2n) is 8.27. The van der Waals surface area contributed by atoms with Gasteiger partial charge in [-0.3, -0.25) is 14.7 Å². The molecule has 1 amide bonds. The van der Waals surface area contributed by atoms with E-state index < -0.39 is 0 Å². The van der Waals surface area contributed by atoms with Gasteiger partial charge in [0, 0.05) is 58.3 Å². The molecule has 0 spiro atoms. The van der Waals surface area contributed by atoms with Gasteiger partial charge in [0.15, 0.2) is 5.96 Å². The van der Waals surface area contributed by atoms with Gasteiger partial charge in [0.2, 0.25) is 5.91 Å². The molecule has 0 radical (unpaired) electrons. The van der Waals surface area contributed by atoms with Crippen molar-refractivity contribution in [3.63, 3.8) is 0 Å². The second-order valence-corrected chi connectivity index (χ2v) is 8.27. The van der Waals surface area contributed by atoms with Crippen LogP contribution in [0.5, 0.6) is 0 Å². The molecule has 2 saturated heterocycles. The van der Waals surface area contributed by atoms with E-state index in [1.807, 2.05) is 4.90 Å². The number of halogens is 1. The summed E-state index contributed by atoms with van der Waals surface area (Å²) in [6.07, 6.45) is 0. The summed E-state index contributed by atoms with van der Waals surface area (Å²) in [7, 11) is 0. The highest BCUT2D eigenvalue weighted by molar-refractivity contribution is 14.0. The van der Waals surface area contributed by atoms with Crippen molar-refractivity contribution in [1.82, 2.24) is 20.0 Å². The maximum atomic E-state index is 12.5. The molecule has 31 heavy (non-hydrogen) atoms. The first kappa shape index (κ1) is 25.9. The summed E-state index contributed by atoms with van der Waals surface area (Å²) in [6.45, 7) is 14.9. The molecule has 1 N–H and O–H groups in total. The number of nitrogens with zero attached hydrogens (tertiary/aromatic N) is 4. The summed E-state index contributed by atoms with van der Waals surface area (Å²) in [5.41, 5.74) is 2.62. The van der Waals surface area contributed by atoms with Crippen LogP contribution in [-0.2, 0) is 9.53 Å². The minimum atomic E-state index is 0. The molecule has 7 nitrogen and oxygen atoms in total. The Balaban J connectivity index is 0.00000341. The van der Waals surface area contributed by atoms with Gasteiger partial charge < -0.3 is 19.9 Å². The molecule has 3 rings (SSSR count). The Morgan fingerprint density at radius 3 is 2.48 bits per heavy atom. The van der Waals surface area contributed by atoms with Crippen LogP contribution in [0.2, 0.25) is 0 Å². The predicted molar refractivity (Wildman–Crippen MR) is 136 cm³/mol. The number of aryl methyl sites for hydroxylation is 1. The van der Waals surface area contributed by atoms with Crippen LogP contribution in [0, 0.1) is 6.92 Å². The zero-order valence-electron chi connectivity index (χ0n) is 19.2. The number of amides is 1. The van der Waals surface area contributed by atoms with Gasteiger partial charge in [0.1, 0.15) is 0 Å². The number of piperazine rings is 1. The Labute approximate surface area is 204 Å². The molecule has 0 bridgehead atoms. The fourth-order valence-electron chi connectivity index (χ4n) is 3.95. The first-order valence-corrected chi connectivity index (χ1v) is 11.2. The van der Waals surface area contributed by atoms with E-state index in [1.54, 1.807) is 0 Å². The minimum Gasteiger partial charge on any atom is -0.378 e. The number of rotatable bonds is 6. The topological polar surface area (TPSA) is 60.4 Å². The number of hydrogen-bond acceptors (Lipinski definition) is 4. The molecule has 0 saturated carbocycles. The van der Waals surface area contributed by atoms with Crippen molar-refractivity contribution < 1.29 is 9.53 Å². The molecule has 0 aromatic heterocycles. The third kappa shape index (κ3) is 7.91. The van der Waals surface area contributed by atoms with E-state index in [0.29, 0.717) is 25.7 Å². The van der Waals surface area contributed by atoms with Crippen molar-refractivity contribution in [2.24, 2.45) is 4.99 Å². The Bertz CT molecular complexity index is 716. The van der Waals surface area contributed by atoms with Crippen molar-refractivity contribution >= 4 is 35.8 Å². The summed E-state index contributed by atoms with van der Waals surface area (Å²) >= 11 is 0.